The summed E-state index contributed by atoms with van der Waals surface area (Å²) in [5.41, 5.74) is -0.187. The topological polar surface area (TPSA) is 82.1 Å². The third-order valence-corrected chi connectivity index (χ3v) is 4.69. The molecule has 0 bridgehead atoms. The first kappa shape index (κ1) is 25.3. The largest absolute Gasteiger partial charge is 0.467 e. The zero-order chi connectivity index (χ0) is 23.9. The molecule has 0 unspecified atom stereocenters. The van der Waals surface area contributed by atoms with Crippen LogP contribution in [-0.4, -0.2) is 41.8 Å². The smallest absolute Gasteiger partial charge is 0.420 e. The highest BCUT2D eigenvalue weighted by Gasteiger charge is 2.40. The summed E-state index contributed by atoms with van der Waals surface area (Å²) in [5.74, 6) is -1.53. The third kappa shape index (κ3) is 7.33. The minimum absolute atomic E-state index is 0.0965. The summed E-state index contributed by atoms with van der Waals surface area (Å²) in [6.07, 6.45) is -2.56. The number of imide groups is 1. The molecule has 0 saturated heterocycles. The van der Waals surface area contributed by atoms with E-state index >= 15 is 0 Å². The lowest BCUT2D eigenvalue weighted by atomic mass is 10.0. The van der Waals surface area contributed by atoms with Gasteiger partial charge in [-0.3, -0.25) is 0 Å². The Morgan fingerprint density at radius 2 is 1.72 bits per heavy atom. The summed E-state index contributed by atoms with van der Waals surface area (Å²) >= 11 is 3.25. The molecule has 0 N–H and O–H groups in total. The van der Waals surface area contributed by atoms with E-state index in [0.29, 0.717) is 14.9 Å². The fourth-order valence-corrected chi connectivity index (χ4v) is 3.16. The monoisotopic (exact) mass is 509 g/mol. The first-order valence-electron chi connectivity index (χ1n) is 9.76. The number of esters is 1. The lowest BCUT2D eigenvalue weighted by Gasteiger charge is -2.30. The molecule has 0 radical (unpaired) electrons. The molecule has 0 fully saturated rings. The van der Waals surface area contributed by atoms with Crippen LogP contribution in [0.4, 0.5) is 14.0 Å². The Morgan fingerprint density at radius 3 is 2.31 bits per heavy atom. The summed E-state index contributed by atoms with van der Waals surface area (Å²) in [5, 5.41) is 0. The number of methoxy groups -OCH3 is 1. The van der Waals surface area contributed by atoms with Gasteiger partial charge >= 0.3 is 18.2 Å². The lowest BCUT2D eigenvalue weighted by Crippen LogP contribution is -2.52. The third-order valence-electron chi connectivity index (χ3n) is 4.20. The second-order valence-electron chi connectivity index (χ2n) is 7.87. The molecule has 1 atom stereocenters. The van der Waals surface area contributed by atoms with Gasteiger partial charge in [-0.15, -0.1) is 0 Å². The predicted molar refractivity (Wildman–Crippen MR) is 118 cm³/mol. The predicted octanol–water partition coefficient (Wildman–Crippen LogP) is 5.25. The fraction of sp³-hybridized carbons (Fsp3) is 0.348. The van der Waals surface area contributed by atoms with E-state index in [1.807, 2.05) is 0 Å². The average molecular weight is 510 g/mol. The van der Waals surface area contributed by atoms with Gasteiger partial charge in [0.05, 0.1) is 7.11 Å². The van der Waals surface area contributed by atoms with E-state index in [4.69, 9.17) is 14.2 Å². The van der Waals surface area contributed by atoms with Gasteiger partial charge in [0.1, 0.15) is 24.1 Å². The van der Waals surface area contributed by atoms with E-state index in [0.717, 1.165) is 7.11 Å². The molecule has 7 nitrogen and oxygen atoms in total. The maximum absolute atomic E-state index is 14.4. The average Bonchev–Trinajstić information content (AvgIpc) is 2.73. The van der Waals surface area contributed by atoms with Gasteiger partial charge in [0, 0.05) is 10.9 Å². The highest BCUT2D eigenvalue weighted by atomic mass is 79.9. The van der Waals surface area contributed by atoms with Crippen LogP contribution in [0.1, 0.15) is 31.9 Å². The van der Waals surface area contributed by atoms with Gasteiger partial charge in [-0.05, 0) is 50.1 Å². The van der Waals surface area contributed by atoms with Gasteiger partial charge in [0.25, 0.3) is 0 Å². The van der Waals surface area contributed by atoms with E-state index in [1.54, 1.807) is 51.1 Å². The van der Waals surface area contributed by atoms with Crippen LogP contribution in [0.5, 0.6) is 0 Å². The van der Waals surface area contributed by atoms with Gasteiger partial charge in [0.2, 0.25) is 0 Å². The van der Waals surface area contributed by atoms with Gasteiger partial charge in [-0.1, -0.05) is 46.3 Å². The first-order valence-corrected chi connectivity index (χ1v) is 10.6. The number of carbonyl (C=O) groups excluding carboxylic acids is 3. The number of ether oxygens (including phenoxy) is 3. The summed E-state index contributed by atoms with van der Waals surface area (Å²) in [6.45, 7) is 4.69. The molecule has 0 aliphatic carbocycles. The van der Waals surface area contributed by atoms with Crippen LogP contribution in [0.3, 0.4) is 0 Å². The number of nitrogens with zero attached hydrogens (tertiary/aromatic N) is 1. The first-order chi connectivity index (χ1) is 15.0. The maximum Gasteiger partial charge on any atom is 0.420 e. The van der Waals surface area contributed by atoms with Crippen molar-refractivity contribution in [2.75, 3.05) is 7.11 Å². The molecule has 0 aliphatic heterocycles. The summed E-state index contributed by atoms with van der Waals surface area (Å²) < 4.78 is 30.3. The number of rotatable bonds is 6. The molecule has 9 heteroatoms. The van der Waals surface area contributed by atoms with Crippen molar-refractivity contribution in [3.63, 3.8) is 0 Å². The molecule has 2 rings (SSSR count). The Bertz CT molecular complexity index is 961. The molecule has 0 aliphatic rings. The molecule has 2 aromatic rings. The number of hydrogen-bond acceptors (Lipinski definition) is 6. The zero-order valence-electron chi connectivity index (χ0n) is 18.3. The normalized spacial score (nSPS) is 11.9. The van der Waals surface area contributed by atoms with Gasteiger partial charge in [-0.25, -0.2) is 18.8 Å². The van der Waals surface area contributed by atoms with Crippen LogP contribution in [0.2, 0.25) is 0 Å². The highest BCUT2D eigenvalue weighted by Crippen LogP contribution is 2.22. The maximum atomic E-state index is 14.4. The number of carbonyl (C=O) groups is 3. The van der Waals surface area contributed by atoms with E-state index in [-0.39, 0.29) is 18.6 Å². The van der Waals surface area contributed by atoms with Gasteiger partial charge in [-0.2, -0.15) is 4.90 Å². The number of hydrogen-bond donors (Lipinski definition) is 0. The molecular weight excluding hydrogens is 485 g/mol. The van der Waals surface area contributed by atoms with Crippen molar-refractivity contribution in [2.45, 2.75) is 45.4 Å². The number of amides is 2. The fourth-order valence-electron chi connectivity index (χ4n) is 2.75. The Kier molecular flexibility index (Phi) is 8.77. The van der Waals surface area contributed by atoms with E-state index in [2.05, 4.69) is 15.9 Å². The molecule has 2 aromatic carbocycles. The second-order valence-corrected chi connectivity index (χ2v) is 8.79. The standard InChI is InChI=1S/C23H25BrFNO6/c1-23(2,3)32-22(29)26(21(28)31-14-15-8-6-5-7-9-15)19(20(27)30-4)13-16-12-17(24)10-11-18(16)25/h5-12,19H,13-14H2,1-4H3/t19-/m0/s1. The minimum Gasteiger partial charge on any atom is -0.467 e. The van der Waals surface area contributed by atoms with Crippen molar-refractivity contribution < 1.29 is 33.0 Å². The lowest BCUT2D eigenvalue weighted by molar-refractivity contribution is -0.146. The van der Waals surface area contributed by atoms with E-state index in [1.165, 1.54) is 18.2 Å². The Labute approximate surface area is 194 Å². The highest BCUT2D eigenvalue weighted by molar-refractivity contribution is 9.10. The van der Waals surface area contributed by atoms with Crippen LogP contribution >= 0.6 is 15.9 Å². The van der Waals surface area contributed by atoms with Crippen LogP contribution in [0.15, 0.2) is 53.0 Å². The van der Waals surface area contributed by atoms with Crippen molar-refractivity contribution >= 4 is 34.1 Å². The van der Waals surface area contributed by atoms with Crippen molar-refractivity contribution in [1.82, 2.24) is 4.90 Å². The molecular formula is C23H25BrFNO6. The van der Waals surface area contributed by atoms with Crippen LogP contribution in [0, 0.1) is 5.82 Å². The van der Waals surface area contributed by atoms with Crippen molar-refractivity contribution in [3.05, 3.63) is 69.9 Å². The molecule has 172 valence electrons. The van der Waals surface area contributed by atoms with Crippen molar-refractivity contribution in [1.29, 1.82) is 0 Å². The molecule has 32 heavy (non-hydrogen) atoms. The molecule has 0 heterocycles. The van der Waals surface area contributed by atoms with Gasteiger partial charge < -0.3 is 14.2 Å². The van der Waals surface area contributed by atoms with Crippen molar-refractivity contribution in [3.8, 4) is 0 Å². The number of benzene rings is 2. The van der Waals surface area contributed by atoms with Crippen LogP contribution < -0.4 is 0 Å². The SMILES string of the molecule is COC(=O)[C@H](Cc1cc(Br)ccc1F)N(C(=O)OCc1ccccc1)C(=O)OC(C)(C)C. The molecule has 0 spiro atoms. The zero-order valence-corrected chi connectivity index (χ0v) is 19.8. The Hall–Kier alpha value is -2.94. The summed E-state index contributed by atoms with van der Waals surface area (Å²) in [4.78, 5) is 39.0. The van der Waals surface area contributed by atoms with Crippen LogP contribution in [-0.2, 0) is 32.0 Å². The van der Waals surface area contributed by atoms with Crippen LogP contribution in [0.25, 0.3) is 0 Å². The second kappa shape index (κ2) is 11.1. The number of halogens is 2. The molecule has 0 aromatic heterocycles. The Balaban J connectivity index is 2.39. The summed E-state index contributed by atoms with van der Waals surface area (Å²) in [6, 6.07) is 11.4. The summed E-state index contributed by atoms with van der Waals surface area (Å²) in [7, 11) is 1.11. The minimum atomic E-state index is -1.51. The van der Waals surface area contributed by atoms with Crippen molar-refractivity contribution in [2.24, 2.45) is 0 Å². The Morgan fingerprint density at radius 1 is 1.06 bits per heavy atom. The van der Waals surface area contributed by atoms with E-state index in [9.17, 15) is 18.8 Å². The molecule has 0 saturated carbocycles. The van der Waals surface area contributed by atoms with Gasteiger partial charge in [0.15, 0.2) is 0 Å². The molecule has 2 amide bonds. The van der Waals surface area contributed by atoms with E-state index < -0.39 is 35.6 Å². The quantitative estimate of drug-likeness (QED) is 0.390.